The predicted molar refractivity (Wildman–Crippen MR) is 62.1 cm³/mol. The molecule has 7 heteroatoms. The summed E-state index contributed by atoms with van der Waals surface area (Å²) >= 11 is 5.99. The second kappa shape index (κ2) is 4.42. The molecule has 88 valence electrons. The number of nitrogen functional groups attached to an aromatic ring is 1. The monoisotopic (exact) mass is 252 g/mol. The summed E-state index contributed by atoms with van der Waals surface area (Å²) in [6.07, 6.45) is 2.89. The van der Waals surface area contributed by atoms with Crippen LogP contribution in [0, 0.1) is 0 Å². The van der Waals surface area contributed by atoms with Crippen LogP contribution >= 0.6 is 11.6 Å². The Balaban J connectivity index is 2.53. The first-order valence-electron chi connectivity index (χ1n) is 4.67. The maximum atomic E-state index is 11.5. The molecule has 0 fully saturated rings. The number of methoxy groups -OCH3 is 1. The largest absolute Gasteiger partial charge is 0.464 e. The lowest BCUT2D eigenvalue weighted by Gasteiger charge is -2.07. The van der Waals surface area contributed by atoms with E-state index in [0.29, 0.717) is 16.5 Å². The van der Waals surface area contributed by atoms with Gasteiger partial charge in [0.05, 0.1) is 30.2 Å². The summed E-state index contributed by atoms with van der Waals surface area (Å²) in [4.78, 5) is 15.5. The molecule has 0 saturated carbocycles. The topological polar surface area (TPSA) is 83.0 Å². The van der Waals surface area contributed by atoms with E-state index in [1.54, 1.807) is 0 Å². The Labute approximate surface area is 102 Å². The molecule has 0 bridgehead atoms. The highest BCUT2D eigenvalue weighted by Crippen LogP contribution is 2.21. The minimum absolute atomic E-state index is 0.242. The first kappa shape index (κ1) is 11.4. The Kier molecular flexibility index (Phi) is 2.97. The molecule has 0 aromatic carbocycles. The molecule has 2 aromatic rings. The molecule has 0 aliphatic carbocycles. The van der Waals surface area contributed by atoms with Crippen molar-refractivity contribution in [2.45, 2.75) is 0 Å². The molecule has 17 heavy (non-hydrogen) atoms. The van der Waals surface area contributed by atoms with Crippen LogP contribution < -0.4 is 5.73 Å². The van der Waals surface area contributed by atoms with Gasteiger partial charge in [-0.25, -0.2) is 14.5 Å². The van der Waals surface area contributed by atoms with E-state index in [2.05, 4.69) is 14.8 Å². The predicted octanol–water partition coefficient (Wildman–Crippen LogP) is 1.29. The fourth-order valence-corrected chi connectivity index (χ4v) is 1.59. The van der Waals surface area contributed by atoms with Gasteiger partial charge >= 0.3 is 5.97 Å². The van der Waals surface area contributed by atoms with Crippen LogP contribution in [0.3, 0.4) is 0 Å². The van der Waals surface area contributed by atoms with E-state index in [-0.39, 0.29) is 5.69 Å². The molecule has 2 N–H and O–H groups in total. The second-order valence-electron chi connectivity index (χ2n) is 3.19. The number of aromatic nitrogens is 3. The molecule has 0 aliphatic rings. The molecule has 0 spiro atoms. The average Bonchev–Trinajstić information content (AvgIpc) is 2.77. The zero-order valence-electron chi connectivity index (χ0n) is 8.92. The van der Waals surface area contributed by atoms with Gasteiger partial charge in [0.15, 0.2) is 11.5 Å². The van der Waals surface area contributed by atoms with Crippen molar-refractivity contribution < 1.29 is 9.53 Å². The van der Waals surface area contributed by atoms with E-state index in [1.165, 1.54) is 36.3 Å². The number of nitrogens with zero attached hydrogens (tertiary/aromatic N) is 3. The van der Waals surface area contributed by atoms with Gasteiger partial charge in [-0.2, -0.15) is 5.10 Å². The van der Waals surface area contributed by atoms with Gasteiger partial charge in [0.25, 0.3) is 0 Å². The number of pyridine rings is 1. The van der Waals surface area contributed by atoms with E-state index in [4.69, 9.17) is 17.3 Å². The average molecular weight is 253 g/mol. The highest BCUT2D eigenvalue weighted by atomic mass is 35.5. The summed E-state index contributed by atoms with van der Waals surface area (Å²) in [7, 11) is 1.29. The zero-order valence-corrected chi connectivity index (χ0v) is 9.68. The van der Waals surface area contributed by atoms with Crippen molar-refractivity contribution in [1.82, 2.24) is 14.8 Å². The van der Waals surface area contributed by atoms with Gasteiger partial charge in [-0.05, 0) is 12.1 Å². The lowest BCUT2D eigenvalue weighted by atomic mass is 10.4. The molecule has 2 rings (SSSR count). The van der Waals surface area contributed by atoms with Gasteiger partial charge < -0.3 is 10.5 Å². The quantitative estimate of drug-likeness (QED) is 0.815. The molecule has 0 unspecified atom stereocenters. The third-order valence-corrected chi connectivity index (χ3v) is 2.36. The summed E-state index contributed by atoms with van der Waals surface area (Å²) in [5.41, 5.74) is 6.21. The molecule has 2 heterocycles. The van der Waals surface area contributed by atoms with Crippen LogP contribution in [0.15, 0.2) is 24.5 Å². The van der Waals surface area contributed by atoms with Gasteiger partial charge in [-0.1, -0.05) is 11.6 Å². The third kappa shape index (κ3) is 2.07. The van der Waals surface area contributed by atoms with Crippen molar-refractivity contribution in [2.75, 3.05) is 12.8 Å². The third-order valence-electron chi connectivity index (χ3n) is 2.08. The van der Waals surface area contributed by atoms with Crippen LogP contribution in [0.1, 0.15) is 10.5 Å². The van der Waals surface area contributed by atoms with Crippen LogP contribution in [-0.2, 0) is 4.74 Å². The van der Waals surface area contributed by atoms with Crippen LogP contribution in [0.4, 0.5) is 5.69 Å². The van der Waals surface area contributed by atoms with E-state index in [0.717, 1.165) is 0 Å². The molecule has 0 radical (unpaired) electrons. The van der Waals surface area contributed by atoms with Crippen molar-refractivity contribution in [1.29, 1.82) is 0 Å². The number of hydrogen-bond donors (Lipinski definition) is 1. The van der Waals surface area contributed by atoms with Gasteiger partial charge in [0.1, 0.15) is 0 Å². The van der Waals surface area contributed by atoms with Crippen molar-refractivity contribution in [3.05, 3.63) is 35.2 Å². The summed E-state index contributed by atoms with van der Waals surface area (Å²) in [5.74, 6) is -0.191. The van der Waals surface area contributed by atoms with Crippen LogP contribution in [0.25, 0.3) is 5.82 Å². The Morgan fingerprint density at radius 1 is 1.59 bits per heavy atom. The van der Waals surface area contributed by atoms with Crippen molar-refractivity contribution >= 4 is 23.3 Å². The van der Waals surface area contributed by atoms with Gasteiger partial charge in [-0.3, -0.25) is 0 Å². The van der Waals surface area contributed by atoms with E-state index in [9.17, 15) is 4.79 Å². The van der Waals surface area contributed by atoms with Gasteiger partial charge in [0, 0.05) is 0 Å². The number of carbonyl (C=O) groups excluding carboxylic acids is 1. The number of nitrogens with two attached hydrogens (primary N) is 1. The minimum Gasteiger partial charge on any atom is -0.464 e. The molecule has 6 nitrogen and oxygen atoms in total. The normalized spacial score (nSPS) is 10.2. The maximum Gasteiger partial charge on any atom is 0.356 e. The lowest BCUT2D eigenvalue weighted by Crippen LogP contribution is -2.12. The molecular formula is C10H9ClN4O2. The first-order valence-corrected chi connectivity index (χ1v) is 5.05. The number of anilines is 1. The van der Waals surface area contributed by atoms with Crippen LogP contribution in [0.2, 0.25) is 5.02 Å². The number of carbonyl (C=O) groups is 1. The Bertz CT molecular complexity index is 567. The summed E-state index contributed by atoms with van der Waals surface area (Å²) < 4.78 is 5.92. The molecule has 2 aromatic heterocycles. The molecule has 0 atom stereocenters. The fourth-order valence-electron chi connectivity index (χ4n) is 1.33. The Morgan fingerprint density at radius 2 is 2.35 bits per heavy atom. The second-order valence-corrected chi connectivity index (χ2v) is 3.60. The Hall–Kier alpha value is -2.08. The molecular weight excluding hydrogens is 244 g/mol. The van der Waals surface area contributed by atoms with Gasteiger partial charge in [0.2, 0.25) is 0 Å². The summed E-state index contributed by atoms with van der Waals surface area (Å²) in [6, 6.07) is 3.05. The summed E-state index contributed by atoms with van der Waals surface area (Å²) in [6.45, 7) is 0. The SMILES string of the molecule is COC(=O)c1ccnn1-c1ncc(N)cc1Cl. The van der Waals surface area contributed by atoms with E-state index >= 15 is 0 Å². The molecule has 0 saturated heterocycles. The highest BCUT2D eigenvalue weighted by molar-refractivity contribution is 6.32. The zero-order chi connectivity index (χ0) is 12.4. The number of rotatable bonds is 2. The minimum atomic E-state index is -0.516. The Morgan fingerprint density at radius 3 is 3.00 bits per heavy atom. The molecule has 0 aliphatic heterocycles. The number of halogens is 1. The molecule has 0 amide bonds. The van der Waals surface area contributed by atoms with Crippen molar-refractivity contribution in [3.8, 4) is 5.82 Å². The highest BCUT2D eigenvalue weighted by Gasteiger charge is 2.16. The van der Waals surface area contributed by atoms with Gasteiger partial charge in [-0.15, -0.1) is 0 Å². The van der Waals surface area contributed by atoms with Crippen LogP contribution in [-0.4, -0.2) is 27.8 Å². The maximum absolute atomic E-state index is 11.5. The number of hydrogen-bond acceptors (Lipinski definition) is 5. The standard InChI is InChI=1S/C10H9ClN4O2/c1-17-10(16)8-2-3-14-15(8)9-7(11)4-6(12)5-13-9/h2-5H,12H2,1H3. The fraction of sp³-hybridized carbons (Fsp3) is 0.100. The van der Waals surface area contributed by atoms with E-state index < -0.39 is 5.97 Å². The van der Waals surface area contributed by atoms with Crippen LogP contribution in [0.5, 0.6) is 0 Å². The van der Waals surface area contributed by atoms with E-state index in [1.807, 2.05) is 0 Å². The lowest BCUT2D eigenvalue weighted by molar-refractivity contribution is 0.0590. The number of ether oxygens (including phenoxy) is 1. The first-order chi connectivity index (χ1) is 8.13. The summed E-state index contributed by atoms with van der Waals surface area (Å²) in [5, 5.41) is 4.28. The van der Waals surface area contributed by atoms with Crippen molar-refractivity contribution in [2.24, 2.45) is 0 Å². The smallest absolute Gasteiger partial charge is 0.356 e. The van der Waals surface area contributed by atoms with Crippen molar-refractivity contribution in [3.63, 3.8) is 0 Å². The number of esters is 1.